The summed E-state index contributed by atoms with van der Waals surface area (Å²) >= 11 is 0. The smallest absolute Gasteiger partial charge is 0.238 e. The Morgan fingerprint density at radius 1 is 1.54 bits per heavy atom. The minimum atomic E-state index is -0.600. The predicted octanol–water partition coefficient (Wildman–Crippen LogP) is 2.10. The van der Waals surface area contributed by atoms with Gasteiger partial charge in [0.05, 0.1) is 18.5 Å². The Morgan fingerprint density at radius 3 is 3.00 bits per heavy atom. The zero-order valence-electron chi connectivity index (χ0n) is 7.88. The third-order valence-corrected chi connectivity index (χ3v) is 1.62. The molecule has 0 spiro atoms. The van der Waals surface area contributed by atoms with E-state index >= 15 is 0 Å². The van der Waals surface area contributed by atoms with Crippen molar-refractivity contribution < 1.29 is 9.13 Å². The molecule has 0 saturated heterocycles. The molecule has 0 atom stereocenters. The molecular formula is C9H13FN2O. The molecule has 72 valence electrons. The molecule has 0 radical (unpaired) electrons. The summed E-state index contributed by atoms with van der Waals surface area (Å²) in [6.45, 7) is 4.37. The largest absolute Gasteiger partial charge is 0.476 e. The first-order valence-corrected chi connectivity index (χ1v) is 4.36. The van der Waals surface area contributed by atoms with Crippen molar-refractivity contribution in [2.75, 3.05) is 6.61 Å². The van der Waals surface area contributed by atoms with E-state index < -0.39 is 5.95 Å². The van der Waals surface area contributed by atoms with E-state index in [9.17, 15) is 4.39 Å². The second-order valence-electron chi connectivity index (χ2n) is 2.79. The van der Waals surface area contributed by atoms with Crippen molar-refractivity contribution in [2.45, 2.75) is 26.7 Å². The van der Waals surface area contributed by atoms with E-state index in [0.717, 1.165) is 19.0 Å². The molecule has 0 N–H and O–H groups in total. The van der Waals surface area contributed by atoms with Gasteiger partial charge in [0.1, 0.15) is 0 Å². The molecule has 0 aromatic carbocycles. The van der Waals surface area contributed by atoms with Crippen molar-refractivity contribution in [3.05, 3.63) is 17.8 Å². The monoisotopic (exact) mass is 184 g/mol. The highest BCUT2D eigenvalue weighted by Crippen LogP contribution is 2.11. The third-order valence-electron chi connectivity index (χ3n) is 1.62. The zero-order valence-corrected chi connectivity index (χ0v) is 7.88. The van der Waals surface area contributed by atoms with E-state index in [0.29, 0.717) is 18.2 Å². The molecule has 0 fully saturated rings. The van der Waals surface area contributed by atoms with E-state index in [1.54, 1.807) is 6.92 Å². The lowest BCUT2D eigenvalue weighted by atomic mass is 10.4. The normalized spacial score (nSPS) is 10.1. The number of aryl methyl sites for hydroxylation is 1. The molecule has 1 aromatic rings. The van der Waals surface area contributed by atoms with Gasteiger partial charge in [0, 0.05) is 0 Å². The van der Waals surface area contributed by atoms with Crippen LogP contribution < -0.4 is 4.74 Å². The quantitative estimate of drug-likeness (QED) is 0.672. The van der Waals surface area contributed by atoms with Gasteiger partial charge < -0.3 is 4.74 Å². The topological polar surface area (TPSA) is 35.0 Å². The van der Waals surface area contributed by atoms with Gasteiger partial charge in [-0.1, -0.05) is 13.3 Å². The molecule has 0 aliphatic carbocycles. The molecule has 1 aromatic heterocycles. The summed E-state index contributed by atoms with van der Waals surface area (Å²) in [7, 11) is 0. The van der Waals surface area contributed by atoms with Crippen LogP contribution in [0.25, 0.3) is 0 Å². The van der Waals surface area contributed by atoms with E-state index in [2.05, 4.69) is 16.9 Å². The number of nitrogens with zero attached hydrogens (tertiary/aromatic N) is 2. The number of halogens is 1. The van der Waals surface area contributed by atoms with Gasteiger partial charge in [-0.2, -0.15) is 9.37 Å². The fourth-order valence-electron chi connectivity index (χ4n) is 0.862. The van der Waals surface area contributed by atoms with Crippen LogP contribution in [0.5, 0.6) is 5.88 Å². The molecule has 3 nitrogen and oxygen atoms in total. The van der Waals surface area contributed by atoms with Crippen LogP contribution in [0.2, 0.25) is 0 Å². The lowest BCUT2D eigenvalue weighted by Crippen LogP contribution is -2.02. The molecule has 1 rings (SSSR count). The fraction of sp³-hybridized carbons (Fsp3) is 0.556. The van der Waals surface area contributed by atoms with Crippen LogP contribution in [-0.2, 0) is 0 Å². The number of aromatic nitrogens is 2. The minimum absolute atomic E-state index is 0.299. The Hall–Kier alpha value is -1.19. The summed E-state index contributed by atoms with van der Waals surface area (Å²) in [4.78, 5) is 7.39. The maximum Gasteiger partial charge on any atom is 0.238 e. The van der Waals surface area contributed by atoms with Crippen molar-refractivity contribution in [3.63, 3.8) is 0 Å². The summed E-state index contributed by atoms with van der Waals surface area (Å²) in [5.74, 6) is -0.300. The molecule has 0 bridgehead atoms. The van der Waals surface area contributed by atoms with Gasteiger partial charge >= 0.3 is 0 Å². The summed E-state index contributed by atoms with van der Waals surface area (Å²) < 4.78 is 17.8. The lowest BCUT2D eigenvalue weighted by molar-refractivity contribution is 0.289. The van der Waals surface area contributed by atoms with Crippen LogP contribution in [0.3, 0.4) is 0 Å². The van der Waals surface area contributed by atoms with E-state index in [1.807, 2.05) is 0 Å². The van der Waals surface area contributed by atoms with Crippen molar-refractivity contribution >= 4 is 0 Å². The lowest BCUT2D eigenvalue weighted by Gasteiger charge is -2.05. The van der Waals surface area contributed by atoms with E-state index in [1.165, 1.54) is 0 Å². The van der Waals surface area contributed by atoms with Crippen LogP contribution in [0, 0.1) is 12.9 Å². The highest BCUT2D eigenvalue weighted by Gasteiger charge is 2.03. The molecule has 0 aliphatic rings. The molecule has 0 aliphatic heterocycles. The first-order chi connectivity index (χ1) is 6.24. The van der Waals surface area contributed by atoms with Crippen molar-refractivity contribution in [1.82, 2.24) is 9.97 Å². The van der Waals surface area contributed by atoms with Crippen LogP contribution in [0.15, 0.2) is 6.20 Å². The average Bonchev–Trinajstić information content (AvgIpc) is 2.11. The highest BCUT2D eigenvalue weighted by atomic mass is 19.1. The Labute approximate surface area is 77.0 Å². The van der Waals surface area contributed by atoms with Gasteiger partial charge in [0.25, 0.3) is 0 Å². The Balaban J connectivity index is 2.59. The Bertz CT molecular complexity index is 278. The Morgan fingerprint density at radius 2 is 2.31 bits per heavy atom. The molecule has 0 amide bonds. The van der Waals surface area contributed by atoms with Gasteiger partial charge in [-0.3, -0.25) is 4.98 Å². The zero-order chi connectivity index (χ0) is 9.68. The molecule has 0 unspecified atom stereocenters. The minimum Gasteiger partial charge on any atom is -0.476 e. The Kier molecular flexibility index (Phi) is 3.61. The second kappa shape index (κ2) is 4.74. The summed E-state index contributed by atoms with van der Waals surface area (Å²) in [6.07, 6.45) is 3.07. The van der Waals surface area contributed by atoms with Crippen LogP contribution >= 0.6 is 0 Å². The van der Waals surface area contributed by atoms with Gasteiger partial charge in [0.15, 0.2) is 0 Å². The molecule has 0 saturated carbocycles. The molecular weight excluding hydrogens is 171 g/mol. The second-order valence-corrected chi connectivity index (χ2v) is 2.79. The summed E-state index contributed by atoms with van der Waals surface area (Å²) in [6, 6.07) is 0. The summed E-state index contributed by atoms with van der Waals surface area (Å²) in [5.41, 5.74) is 0.623. The fourth-order valence-corrected chi connectivity index (χ4v) is 0.862. The van der Waals surface area contributed by atoms with Crippen molar-refractivity contribution in [1.29, 1.82) is 0 Å². The van der Waals surface area contributed by atoms with Crippen LogP contribution in [0.4, 0.5) is 4.39 Å². The average molecular weight is 184 g/mol. The van der Waals surface area contributed by atoms with Crippen molar-refractivity contribution in [3.8, 4) is 5.88 Å². The van der Waals surface area contributed by atoms with E-state index in [-0.39, 0.29) is 0 Å². The van der Waals surface area contributed by atoms with Crippen LogP contribution in [0.1, 0.15) is 25.5 Å². The number of hydrogen-bond acceptors (Lipinski definition) is 3. The van der Waals surface area contributed by atoms with Gasteiger partial charge in [-0.05, 0) is 13.3 Å². The highest BCUT2D eigenvalue weighted by molar-refractivity contribution is 5.15. The van der Waals surface area contributed by atoms with Gasteiger partial charge in [-0.15, -0.1) is 0 Å². The van der Waals surface area contributed by atoms with Gasteiger partial charge in [-0.25, -0.2) is 0 Å². The van der Waals surface area contributed by atoms with Crippen LogP contribution in [-0.4, -0.2) is 16.6 Å². The number of unbranched alkanes of at least 4 members (excludes halogenated alkanes) is 1. The molecule has 1 heterocycles. The number of ether oxygens (including phenoxy) is 1. The van der Waals surface area contributed by atoms with E-state index in [4.69, 9.17) is 4.74 Å². The van der Waals surface area contributed by atoms with Gasteiger partial charge in [0.2, 0.25) is 11.8 Å². The maximum atomic E-state index is 12.6. The van der Waals surface area contributed by atoms with Crippen molar-refractivity contribution in [2.24, 2.45) is 0 Å². The third kappa shape index (κ3) is 2.97. The molecule has 4 heteroatoms. The predicted molar refractivity (Wildman–Crippen MR) is 47.1 cm³/mol. The first kappa shape index (κ1) is 9.89. The molecule has 13 heavy (non-hydrogen) atoms. The number of hydrogen-bond donors (Lipinski definition) is 0. The first-order valence-electron chi connectivity index (χ1n) is 4.36. The maximum absolute atomic E-state index is 12.6. The SMILES string of the molecule is CCCCOc1nc(F)cnc1C. The summed E-state index contributed by atoms with van der Waals surface area (Å²) in [5, 5.41) is 0. The standard InChI is InChI=1S/C9H13FN2O/c1-3-4-5-13-9-7(2)11-6-8(10)12-9/h6H,3-5H2,1-2H3. The number of rotatable bonds is 4.